The summed E-state index contributed by atoms with van der Waals surface area (Å²) in [6.07, 6.45) is 2.38. The molecule has 1 heterocycles. The zero-order chi connectivity index (χ0) is 12.1. The molecule has 1 rings (SSSR count). The van der Waals surface area contributed by atoms with Gasteiger partial charge in [-0.15, -0.1) is 18.3 Å². The van der Waals surface area contributed by atoms with Crippen LogP contribution in [-0.2, 0) is 4.79 Å². The van der Waals surface area contributed by atoms with Gasteiger partial charge in [0.2, 0.25) is 0 Å². The maximum atomic E-state index is 11.7. The van der Waals surface area contributed by atoms with Gasteiger partial charge in [0.1, 0.15) is 6.04 Å². The maximum Gasteiger partial charge on any atom is 0.327 e. The first-order valence-corrected chi connectivity index (χ1v) is 6.14. The van der Waals surface area contributed by atoms with Crippen LogP contribution in [0.15, 0.2) is 12.7 Å². The number of thioether (sulfide) groups is 1. The summed E-state index contributed by atoms with van der Waals surface area (Å²) in [6.45, 7) is 5.87. The average Bonchev–Trinajstić information content (AvgIpc) is 2.60. The van der Waals surface area contributed by atoms with Gasteiger partial charge < -0.3 is 10.4 Å². The average molecular weight is 244 g/mol. The zero-order valence-electron chi connectivity index (χ0n) is 9.18. The first kappa shape index (κ1) is 12.9. The van der Waals surface area contributed by atoms with E-state index in [-0.39, 0.29) is 11.4 Å². The summed E-state index contributed by atoms with van der Waals surface area (Å²) in [5.41, 5.74) is 0. The Morgan fingerprint density at radius 1 is 1.69 bits per heavy atom. The van der Waals surface area contributed by atoms with Crippen molar-refractivity contribution in [2.45, 2.75) is 24.8 Å². The molecule has 0 aromatic heterocycles. The Labute approximate surface area is 98.9 Å². The molecule has 0 bridgehead atoms. The predicted octanol–water partition coefficient (Wildman–Crippen LogP) is 1.12. The van der Waals surface area contributed by atoms with E-state index in [9.17, 15) is 9.59 Å². The van der Waals surface area contributed by atoms with E-state index >= 15 is 0 Å². The largest absolute Gasteiger partial charge is 0.480 e. The Kier molecular flexibility index (Phi) is 4.67. The van der Waals surface area contributed by atoms with Gasteiger partial charge in [0.15, 0.2) is 0 Å². The summed E-state index contributed by atoms with van der Waals surface area (Å²) in [7, 11) is 0. The van der Waals surface area contributed by atoms with Crippen LogP contribution in [0.5, 0.6) is 0 Å². The third kappa shape index (κ3) is 2.91. The van der Waals surface area contributed by atoms with E-state index in [0.717, 1.165) is 0 Å². The van der Waals surface area contributed by atoms with E-state index in [4.69, 9.17) is 5.11 Å². The fraction of sp³-hybridized carbons (Fsp3) is 0.600. The molecular weight excluding hydrogens is 228 g/mol. The third-order valence-corrected chi connectivity index (χ3v) is 3.58. The van der Waals surface area contributed by atoms with Crippen LogP contribution in [0, 0.1) is 0 Å². The minimum absolute atomic E-state index is 0.0927. The van der Waals surface area contributed by atoms with Gasteiger partial charge in [-0.1, -0.05) is 6.08 Å². The van der Waals surface area contributed by atoms with Gasteiger partial charge >= 0.3 is 12.0 Å². The standard InChI is InChI=1S/C10H16N2O3S/c1-3-4-5-11-10(15)12-7(2)16-6-8(12)9(13)14/h3,7-8H,1,4-6H2,2H3,(H,11,15)(H,13,14). The number of urea groups is 1. The number of carboxylic acid groups (broad SMARTS) is 1. The van der Waals surface area contributed by atoms with Crippen molar-refractivity contribution in [3.05, 3.63) is 12.7 Å². The van der Waals surface area contributed by atoms with E-state index in [1.165, 1.54) is 16.7 Å². The van der Waals surface area contributed by atoms with Crippen LogP contribution in [0.1, 0.15) is 13.3 Å². The molecule has 0 aromatic carbocycles. The fourth-order valence-electron chi connectivity index (χ4n) is 1.51. The second-order valence-electron chi connectivity index (χ2n) is 3.50. The summed E-state index contributed by atoms with van der Waals surface area (Å²) < 4.78 is 0. The van der Waals surface area contributed by atoms with Crippen molar-refractivity contribution in [2.75, 3.05) is 12.3 Å². The number of amides is 2. The minimum atomic E-state index is -0.948. The van der Waals surface area contributed by atoms with Crippen LogP contribution in [-0.4, -0.2) is 45.7 Å². The Morgan fingerprint density at radius 3 is 2.94 bits per heavy atom. The van der Waals surface area contributed by atoms with Crippen molar-refractivity contribution in [1.82, 2.24) is 10.2 Å². The van der Waals surface area contributed by atoms with Gasteiger partial charge in [0, 0.05) is 12.3 Å². The third-order valence-electron chi connectivity index (χ3n) is 2.37. The number of rotatable bonds is 4. The molecule has 0 aromatic rings. The van der Waals surface area contributed by atoms with E-state index < -0.39 is 12.0 Å². The predicted molar refractivity (Wildman–Crippen MR) is 63.4 cm³/mol. The maximum absolute atomic E-state index is 11.7. The molecule has 1 saturated heterocycles. The van der Waals surface area contributed by atoms with Crippen molar-refractivity contribution in [3.63, 3.8) is 0 Å². The van der Waals surface area contributed by atoms with Gasteiger partial charge in [0.05, 0.1) is 5.37 Å². The monoisotopic (exact) mass is 244 g/mol. The highest BCUT2D eigenvalue weighted by atomic mass is 32.2. The lowest BCUT2D eigenvalue weighted by atomic mass is 10.3. The van der Waals surface area contributed by atoms with E-state index in [1.807, 2.05) is 6.92 Å². The zero-order valence-corrected chi connectivity index (χ0v) is 10.00. The van der Waals surface area contributed by atoms with Crippen molar-refractivity contribution >= 4 is 23.8 Å². The number of nitrogens with zero attached hydrogens (tertiary/aromatic N) is 1. The molecule has 0 aliphatic carbocycles. The van der Waals surface area contributed by atoms with Crippen molar-refractivity contribution < 1.29 is 14.7 Å². The summed E-state index contributed by atoms with van der Waals surface area (Å²) in [5.74, 6) is -0.499. The Morgan fingerprint density at radius 2 is 2.38 bits per heavy atom. The number of carboxylic acids is 1. The summed E-state index contributed by atoms with van der Waals surface area (Å²) in [6, 6.07) is -1.03. The first-order valence-electron chi connectivity index (χ1n) is 5.09. The molecule has 1 aliphatic rings. The van der Waals surface area contributed by atoms with Crippen LogP contribution in [0.3, 0.4) is 0 Å². The first-order chi connectivity index (χ1) is 7.57. The topological polar surface area (TPSA) is 69.6 Å². The molecule has 5 nitrogen and oxygen atoms in total. The summed E-state index contributed by atoms with van der Waals surface area (Å²) in [5, 5.41) is 11.6. The highest BCUT2D eigenvalue weighted by molar-refractivity contribution is 8.00. The van der Waals surface area contributed by atoms with E-state index in [1.54, 1.807) is 6.08 Å². The molecule has 2 N–H and O–H groups in total. The van der Waals surface area contributed by atoms with Crippen LogP contribution in [0.25, 0.3) is 0 Å². The SMILES string of the molecule is C=CCCNC(=O)N1C(C)SCC1C(=O)O. The van der Waals surface area contributed by atoms with Gasteiger partial charge in [-0.2, -0.15) is 0 Å². The number of hydrogen-bond donors (Lipinski definition) is 2. The van der Waals surface area contributed by atoms with Gasteiger partial charge in [-0.25, -0.2) is 9.59 Å². The van der Waals surface area contributed by atoms with Crippen LogP contribution < -0.4 is 5.32 Å². The Balaban J connectivity index is 2.57. The van der Waals surface area contributed by atoms with Crippen LogP contribution >= 0.6 is 11.8 Å². The van der Waals surface area contributed by atoms with Crippen molar-refractivity contribution in [1.29, 1.82) is 0 Å². The molecule has 90 valence electrons. The van der Waals surface area contributed by atoms with E-state index in [0.29, 0.717) is 18.7 Å². The molecule has 0 radical (unpaired) electrons. The molecule has 0 spiro atoms. The number of carbonyl (C=O) groups excluding carboxylic acids is 1. The summed E-state index contributed by atoms with van der Waals surface area (Å²) >= 11 is 1.47. The second-order valence-corrected chi connectivity index (χ2v) is 4.85. The highest BCUT2D eigenvalue weighted by Crippen LogP contribution is 2.28. The Bertz CT molecular complexity index is 296. The molecule has 2 atom stereocenters. The van der Waals surface area contributed by atoms with Crippen LogP contribution in [0.4, 0.5) is 4.79 Å². The molecule has 2 unspecified atom stereocenters. The fourth-order valence-corrected chi connectivity index (χ4v) is 2.68. The second kappa shape index (κ2) is 5.79. The molecular formula is C10H16N2O3S. The van der Waals surface area contributed by atoms with Crippen LogP contribution in [0.2, 0.25) is 0 Å². The number of hydrogen-bond acceptors (Lipinski definition) is 3. The molecule has 16 heavy (non-hydrogen) atoms. The molecule has 1 fully saturated rings. The lowest BCUT2D eigenvalue weighted by Gasteiger charge is -2.25. The smallest absolute Gasteiger partial charge is 0.327 e. The van der Waals surface area contributed by atoms with Gasteiger partial charge in [-0.3, -0.25) is 4.90 Å². The van der Waals surface area contributed by atoms with Gasteiger partial charge in [-0.05, 0) is 13.3 Å². The Hall–Kier alpha value is -1.17. The molecule has 6 heteroatoms. The summed E-state index contributed by atoms with van der Waals surface area (Å²) in [4.78, 5) is 24.1. The lowest BCUT2D eigenvalue weighted by Crippen LogP contribution is -2.49. The van der Waals surface area contributed by atoms with Gasteiger partial charge in [0.25, 0.3) is 0 Å². The van der Waals surface area contributed by atoms with Crippen molar-refractivity contribution in [3.8, 4) is 0 Å². The molecule has 0 saturated carbocycles. The quantitative estimate of drug-likeness (QED) is 0.574. The molecule has 2 amide bonds. The highest BCUT2D eigenvalue weighted by Gasteiger charge is 2.39. The minimum Gasteiger partial charge on any atom is -0.480 e. The number of aliphatic carboxylic acids is 1. The molecule has 1 aliphatic heterocycles. The normalized spacial score (nSPS) is 24.2. The van der Waals surface area contributed by atoms with Crippen molar-refractivity contribution in [2.24, 2.45) is 0 Å². The van der Waals surface area contributed by atoms with E-state index in [2.05, 4.69) is 11.9 Å². The lowest BCUT2D eigenvalue weighted by molar-refractivity contribution is -0.141. The number of nitrogens with one attached hydrogen (secondary N) is 1. The number of carbonyl (C=O) groups is 2.